The van der Waals surface area contributed by atoms with Gasteiger partial charge >= 0.3 is 0 Å². The molecule has 1 aromatic rings. The van der Waals surface area contributed by atoms with Gasteiger partial charge in [0.05, 0.1) is 11.7 Å². The Kier molecular flexibility index (Phi) is 4.52. The molecule has 0 heterocycles. The third-order valence-corrected chi connectivity index (χ3v) is 3.94. The summed E-state index contributed by atoms with van der Waals surface area (Å²) in [5.41, 5.74) is 0.0741. The zero-order valence-electron chi connectivity index (χ0n) is 10.1. The van der Waals surface area contributed by atoms with Crippen LogP contribution in [0.4, 0.5) is 8.78 Å². The van der Waals surface area contributed by atoms with E-state index in [-0.39, 0.29) is 22.2 Å². The number of hydrogen-bond donors (Lipinski definition) is 2. The van der Waals surface area contributed by atoms with Crippen LogP contribution in [0.15, 0.2) is 16.6 Å². The number of carbonyl (C=O) groups excluding carboxylic acids is 1. The van der Waals surface area contributed by atoms with E-state index in [9.17, 15) is 18.7 Å². The van der Waals surface area contributed by atoms with Crippen LogP contribution in [0.2, 0.25) is 0 Å². The summed E-state index contributed by atoms with van der Waals surface area (Å²) in [6.07, 6.45) is 2.36. The molecule has 3 nitrogen and oxygen atoms in total. The SMILES string of the molecule is O=C(NC1CCC(O)CC1)c1cc(F)c(F)cc1Br. The summed E-state index contributed by atoms with van der Waals surface area (Å²) in [7, 11) is 0. The maximum atomic E-state index is 13.1. The number of rotatable bonds is 2. The van der Waals surface area contributed by atoms with Crippen LogP contribution in [0.1, 0.15) is 36.0 Å². The second-order valence-electron chi connectivity index (χ2n) is 4.73. The molecule has 0 aromatic heterocycles. The minimum absolute atomic E-state index is 0.0316. The molecular formula is C13H14BrF2NO2. The molecule has 19 heavy (non-hydrogen) atoms. The maximum absolute atomic E-state index is 13.1. The lowest BCUT2D eigenvalue weighted by Gasteiger charge is -2.26. The van der Waals surface area contributed by atoms with Crippen molar-refractivity contribution in [1.29, 1.82) is 0 Å². The van der Waals surface area contributed by atoms with Crippen molar-refractivity contribution in [2.75, 3.05) is 0 Å². The molecule has 1 amide bonds. The number of aliphatic hydroxyl groups is 1. The van der Waals surface area contributed by atoms with Crippen LogP contribution in [0.5, 0.6) is 0 Å². The molecule has 1 aliphatic carbocycles. The first-order valence-corrected chi connectivity index (χ1v) is 6.90. The van der Waals surface area contributed by atoms with Crippen LogP contribution >= 0.6 is 15.9 Å². The van der Waals surface area contributed by atoms with E-state index >= 15 is 0 Å². The Hall–Kier alpha value is -1.01. The molecule has 0 saturated heterocycles. The number of hydrogen-bond acceptors (Lipinski definition) is 2. The Morgan fingerprint density at radius 1 is 1.21 bits per heavy atom. The quantitative estimate of drug-likeness (QED) is 0.817. The zero-order valence-corrected chi connectivity index (χ0v) is 11.7. The first-order valence-electron chi connectivity index (χ1n) is 6.11. The van der Waals surface area contributed by atoms with Gasteiger partial charge in [0.1, 0.15) is 0 Å². The van der Waals surface area contributed by atoms with Crippen molar-refractivity contribution in [3.63, 3.8) is 0 Å². The Morgan fingerprint density at radius 2 is 1.79 bits per heavy atom. The highest BCUT2D eigenvalue weighted by atomic mass is 79.9. The van der Waals surface area contributed by atoms with Crippen molar-refractivity contribution in [2.45, 2.75) is 37.8 Å². The molecule has 0 unspecified atom stereocenters. The maximum Gasteiger partial charge on any atom is 0.252 e. The standard InChI is InChI=1S/C13H14BrF2NO2/c14-10-6-12(16)11(15)5-9(10)13(19)17-7-1-3-8(18)4-2-7/h5-8,18H,1-4H2,(H,17,19). The number of aliphatic hydroxyl groups excluding tert-OH is 1. The first kappa shape index (κ1) is 14.4. The predicted molar refractivity (Wildman–Crippen MR) is 69.8 cm³/mol. The molecule has 0 spiro atoms. The summed E-state index contributed by atoms with van der Waals surface area (Å²) < 4.78 is 26.3. The van der Waals surface area contributed by atoms with Gasteiger partial charge in [0.15, 0.2) is 11.6 Å². The van der Waals surface area contributed by atoms with E-state index in [0.29, 0.717) is 25.7 Å². The van der Waals surface area contributed by atoms with Crippen LogP contribution < -0.4 is 5.32 Å². The monoisotopic (exact) mass is 333 g/mol. The van der Waals surface area contributed by atoms with Crippen LogP contribution in [0.3, 0.4) is 0 Å². The second kappa shape index (κ2) is 5.96. The summed E-state index contributed by atoms with van der Waals surface area (Å²) in [4.78, 5) is 12.0. The van der Waals surface area contributed by atoms with E-state index in [1.54, 1.807) is 0 Å². The minimum Gasteiger partial charge on any atom is -0.393 e. The van der Waals surface area contributed by atoms with E-state index in [1.807, 2.05) is 0 Å². The van der Waals surface area contributed by atoms with E-state index in [2.05, 4.69) is 21.2 Å². The fourth-order valence-corrected chi connectivity index (χ4v) is 2.68. The van der Waals surface area contributed by atoms with Crippen molar-refractivity contribution in [3.05, 3.63) is 33.8 Å². The Bertz CT molecular complexity index is 488. The average molecular weight is 334 g/mol. The summed E-state index contributed by atoms with van der Waals surface area (Å²) in [5, 5.41) is 12.2. The molecule has 1 saturated carbocycles. The number of amides is 1. The fraction of sp³-hybridized carbons (Fsp3) is 0.462. The van der Waals surface area contributed by atoms with Crippen LogP contribution in [0, 0.1) is 11.6 Å². The van der Waals surface area contributed by atoms with Gasteiger partial charge in [-0.1, -0.05) is 0 Å². The molecule has 6 heteroatoms. The molecule has 2 rings (SSSR count). The van der Waals surface area contributed by atoms with Crippen molar-refractivity contribution in [1.82, 2.24) is 5.32 Å². The molecule has 0 bridgehead atoms. The Morgan fingerprint density at radius 3 is 2.42 bits per heavy atom. The van der Waals surface area contributed by atoms with E-state index in [1.165, 1.54) is 0 Å². The van der Waals surface area contributed by atoms with E-state index in [0.717, 1.165) is 12.1 Å². The van der Waals surface area contributed by atoms with Crippen molar-refractivity contribution in [2.24, 2.45) is 0 Å². The Labute approximate surface area is 118 Å². The third kappa shape index (κ3) is 3.51. The summed E-state index contributed by atoms with van der Waals surface area (Å²) >= 11 is 3.05. The molecule has 0 atom stereocenters. The van der Waals surface area contributed by atoms with Gasteiger partial charge in [-0.3, -0.25) is 4.79 Å². The normalized spacial score (nSPS) is 23.2. The number of nitrogens with one attached hydrogen (secondary N) is 1. The minimum atomic E-state index is -1.05. The van der Waals surface area contributed by atoms with Gasteiger partial charge < -0.3 is 10.4 Å². The fourth-order valence-electron chi connectivity index (χ4n) is 2.18. The Balaban J connectivity index is 2.06. The first-order chi connectivity index (χ1) is 8.97. The zero-order chi connectivity index (χ0) is 14.0. The molecule has 0 aliphatic heterocycles. The highest BCUT2D eigenvalue weighted by Crippen LogP contribution is 2.22. The average Bonchev–Trinajstić information content (AvgIpc) is 2.36. The van der Waals surface area contributed by atoms with Crippen molar-refractivity contribution in [3.8, 4) is 0 Å². The van der Waals surface area contributed by atoms with Crippen LogP contribution in [-0.4, -0.2) is 23.2 Å². The summed E-state index contributed by atoms with van der Waals surface area (Å²) in [5.74, 6) is -2.48. The highest BCUT2D eigenvalue weighted by Gasteiger charge is 2.22. The van der Waals surface area contributed by atoms with Gasteiger partial charge in [-0.25, -0.2) is 8.78 Å². The summed E-state index contributed by atoms with van der Waals surface area (Å²) in [6, 6.07) is 1.79. The van der Waals surface area contributed by atoms with Crippen molar-refractivity contribution < 1.29 is 18.7 Å². The van der Waals surface area contributed by atoms with Gasteiger partial charge in [0.25, 0.3) is 5.91 Å². The van der Waals surface area contributed by atoms with E-state index < -0.39 is 17.5 Å². The smallest absolute Gasteiger partial charge is 0.252 e. The molecule has 1 aromatic carbocycles. The second-order valence-corrected chi connectivity index (χ2v) is 5.58. The highest BCUT2D eigenvalue weighted by molar-refractivity contribution is 9.10. The number of halogens is 3. The largest absolute Gasteiger partial charge is 0.393 e. The topological polar surface area (TPSA) is 49.3 Å². The number of benzene rings is 1. The predicted octanol–water partition coefficient (Wildman–Crippen LogP) is 2.76. The molecular weight excluding hydrogens is 320 g/mol. The van der Waals surface area contributed by atoms with Gasteiger partial charge in [0.2, 0.25) is 0 Å². The lowest BCUT2D eigenvalue weighted by Crippen LogP contribution is -2.38. The van der Waals surface area contributed by atoms with Gasteiger partial charge in [-0.15, -0.1) is 0 Å². The lowest BCUT2D eigenvalue weighted by atomic mass is 9.93. The number of carbonyl (C=O) groups is 1. The van der Waals surface area contributed by atoms with Crippen LogP contribution in [0.25, 0.3) is 0 Å². The van der Waals surface area contributed by atoms with Gasteiger partial charge in [-0.05, 0) is 53.7 Å². The molecule has 104 valence electrons. The van der Waals surface area contributed by atoms with Crippen molar-refractivity contribution >= 4 is 21.8 Å². The third-order valence-electron chi connectivity index (χ3n) is 3.29. The van der Waals surface area contributed by atoms with Gasteiger partial charge in [-0.2, -0.15) is 0 Å². The summed E-state index contributed by atoms with van der Waals surface area (Å²) in [6.45, 7) is 0. The lowest BCUT2D eigenvalue weighted by molar-refractivity contribution is 0.0866. The molecule has 0 radical (unpaired) electrons. The van der Waals surface area contributed by atoms with Crippen LogP contribution in [-0.2, 0) is 0 Å². The molecule has 1 aliphatic rings. The molecule has 1 fully saturated rings. The van der Waals surface area contributed by atoms with Gasteiger partial charge in [0, 0.05) is 10.5 Å². The van der Waals surface area contributed by atoms with E-state index in [4.69, 9.17) is 0 Å². The molecule has 2 N–H and O–H groups in total.